The maximum Gasteiger partial charge on any atom is 0.153 e. The van der Waals surface area contributed by atoms with Gasteiger partial charge in [-0.25, -0.2) is 0 Å². The van der Waals surface area contributed by atoms with Gasteiger partial charge >= 0.3 is 0 Å². The van der Waals surface area contributed by atoms with Crippen molar-refractivity contribution in [1.29, 1.82) is 0 Å². The van der Waals surface area contributed by atoms with Gasteiger partial charge < -0.3 is 9.84 Å². The molecule has 1 saturated carbocycles. The number of aliphatic hydroxyl groups is 1. The topological polar surface area (TPSA) is 46.5 Å². The van der Waals surface area contributed by atoms with Crippen LogP contribution in [0.2, 0.25) is 0 Å². The molecule has 1 N–H and O–H groups in total. The molecule has 0 unspecified atom stereocenters. The Labute approximate surface area is 88.7 Å². The molecule has 15 heavy (non-hydrogen) atoms. The van der Waals surface area contributed by atoms with E-state index in [2.05, 4.69) is 0 Å². The minimum Gasteiger partial charge on any atom is -0.490 e. The Hall–Kier alpha value is -1.35. The van der Waals surface area contributed by atoms with Gasteiger partial charge in [0.25, 0.3) is 0 Å². The van der Waals surface area contributed by atoms with Crippen LogP contribution in [-0.2, 0) is 0 Å². The fourth-order valence-electron chi connectivity index (χ4n) is 1.65. The van der Waals surface area contributed by atoms with Crippen molar-refractivity contribution in [3.63, 3.8) is 0 Å². The first-order chi connectivity index (χ1) is 7.23. The maximum atomic E-state index is 10.7. The zero-order valence-corrected chi connectivity index (χ0v) is 8.48. The number of hydrogen-bond acceptors (Lipinski definition) is 3. The standard InChI is InChI=1S/C12H14O3/c13-8-10-4-1-2-5-11(10)15-9-12(14)6-3-7-12/h1-2,4-5,8,14H,3,6-7,9H2. The minimum atomic E-state index is -0.671. The lowest BCUT2D eigenvalue weighted by molar-refractivity contribution is -0.0664. The van der Waals surface area contributed by atoms with Crippen molar-refractivity contribution < 1.29 is 14.6 Å². The monoisotopic (exact) mass is 206 g/mol. The van der Waals surface area contributed by atoms with Crippen molar-refractivity contribution in [2.45, 2.75) is 24.9 Å². The van der Waals surface area contributed by atoms with Crippen molar-refractivity contribution in [3.8, 4) is 5.75 Å². The van der Waals surface area contributed by atoms with E-state index < -0.39 is 5.60 Å². The van der Waals surface area contributed by atoms with Gasteiger partial charge in [-0.05, 0) is 31.4 Å². The Balaban J connectivity index is 2.01. The van der Waals surface area contributed by atoms with Crippen LogP contribution in [0.5, 0.6) is 5.75 Å². The molecule has 0 radical (unpaired) electrons. The quantitative estimate of drug-likeness (QED) is 0.764. The average molecular weight is 206 g/mol. The van der Waals surface area contributed by atoms with E-state index in [0.717, 1.165) is 25.5 Å². The largest absolute Gasteiger partial charge is 0.490 e. The highest BCUT2D eigenvalue weighted by Crippen LogP contribution is 2.32. The summed E-state index contributed by atoms with van der Waals surface area (Å²) in [5.41, 5.74) is -0.142. The first-order valence-electron chi connectivity index (χ1n) is 5.13. The van der Waals surface area contributed by atoms with E-state index >= 15 is 0 Å². The van der Waals surface area contributed by atoms with E-state index in [1.165, 1.54) is 0 Å². The van der Waals surface area contributed by atoms with Gasteiger partial charge in [-0.1, -0.05) is 12.1 Å². The minimum absolute atomic E-state index is 0.276. The molecule has 0 aromatic heterocycles. The summed E-state index contributed by atoms with van der Waals surface area (Å²) in [7, 11) is 0. The van der Waals surface area contributed by atoms with Crippen molar-refractivity contribution in [1.82, 2.24) is 0 Å². The van der Waals surface area contributed by atoms with Gasteiger partial charge in [-0.3, -0.25) is 4.79 Å². The average Bonchev–Trinajstić information content (AvgIpc) is 2.24. The number of rotatable bonds is 4. The van der Waals surface area contributed by atoms with Crippen LogP contribution in [0.4, 0.5) is 0 Å². The van der Waals surface area contributed by atoms with E-state index in [9.17, 15) is 9.90 Å². The highest BCUT2D eigenvalue weighted by molar-refractivity contribution is 5.79. The van der Waals surface area contributed by atoms with Gasteiger partial charge in [0.2, 0.25) is 0 Å². The van der Waals surface area contributed by atoms with Gasteiger partial charge in [-0.15, -0.1) is 0 Å². The summed E-state index contributed by atoms with van der Waals surface area (Å²) in [6.07, 6.45) is 3.39. The number of para-hydroxylation sites is 1. The van der Waals surface area contributed by atoms with Crippen LogP contribution in [0.1, 0.15) is 29.6 Å². The van der Waals surface area contributed by atoms with Crippen molar-refractivity contribution in [2.24, 2.45) is 0 Å². The van der Waals surface area contributed by atoms with E-state index in [-0.39, 0.29) is 6.61 Å². The molecule has 2 rings (SSSR count). The summed E-state index contributed by atoms with van der Waals surface area (Å²) >= 11 is 0. The fraction of sp³-hybridized carbons (Fsp3) is 0.417. The highest BCUT2D eigenvalue weighted by atomic mass is 16.5. The second-order valence-corrected chi connectivity index (χ2v) is 4.02. The normalized spacial score (nSPS) is 17.9. The lowest BCUT2D eigenvalue weighted by Crippen LogP contribution is -2.42. The maximum absolute atomic E-state index is 10.7. The summed E-state index contributed by atoms with van der Waals surface area (Å²) in [5, 5.41) is 9.82. The predicted octanol–water partition coefficient (Wildman–Crippen LogP) is 1.79. The second-order valence-electron chi connectivity index (χ2n) is 4.02. The smallest absolute Gasteiger partial charge is 0.153 e. The summed E-state index contributed by atoms with van der Waals surface area (Å²) in [6.45, 7) is 0.276. The second kappa shape index (κ2) is 4.03. The van der Waals surface area contributed by atoms with E-state index in [4.69, 9.17) is 4.74 Å². The molecule has 0 amide bonds. The lowest BCUT2D eigenvalue weighted by Gasteiger charge is -2.36. The molecule has 1 aliphatic carbocycles. The number of carbonyl (C=O) groups is 1. The van der Waals surface area contributed by atoms with Gasteiger partial charge in [0.05, 0.1) is 11.2 Å². The fourth-order valence-corrected chi connectivity index (χ4v) is 1.65. The first-order valence-corrected chi connectivity index (χ1v) is 5.13. The molecule has 0 spiro atoms. The summed E-state index contributed by atoms with van der Waals surface area (Å²) in [4.78, 5) is 10.7. The molecule has 0 atom stereocenters. The molecule has 0 aliphatic heterocycles. The zero-order valence-electron chi connectivity index (χ0n) is 8.48. The van der Waals surface area contributed by atoms with Crippen molar-refractivity contribution >= 4 is 6.29 Å². The van der Waals surface area contributed by atoms with Crippen LogP contribution in [0.25, 0.3) is 0 Å². The molecule has 1 aromatic rings. The van der Waals surface area contributed by atoms with Crippen molar-refractivity contribution in [3.05, 3.63) is 29.8 Å². The van der Waals surface area contributed by atoms with Gasteiger partial charge in [-0.2, -0.15) is 0 Å². The lowest BCUT2D eigenvalue weighted by atomic mass is 9.81. The van der Waals surface area contributed by atoms with Crippen molar-refractivity contribution in [2.75, 3.05) is 6.61 Å². The zero-order chi connectivity index (χ0) is 10.7. The summed E-state index contributed by atoms with van der Waals surface area (Å²) in [5.74, 6) is 0.549. The SMILES string of the molecule is O=Cc1ccccc1OCC1(O)CCC1. The molecule has 0 heterocycles. The number of ether oxygens (including phenoxy) is 1. The predicted molar refractivity (Wildman–Crippen MR) is 56.1 cm³/mol. The van der Waals surface area contributed by atoms with Crippen LogP contribution in [0.3, 0.4) is 0 Å². The Bertz CT molecular complexity index is 356. The Morgan fingerprint density at radius 1 is 1.40 bits per heavy atom. The molecule has 1 fully saturated rings. The summed E-state index contributed by atoms with van der Waals surface area (Å²) in [6, 6.07) is 7.04. The van der Waals surface area contributed by atoms with E-state index in [1.807, 2.05) is 6.07 Å². The number of hydrogen-bond donors (Lipinski definition) is 1. The van der Waals surface area contributed by atoms with Gasteiger partial charge in [0.1, 0.15) is 12.4 Å². The van der Waals surface area contributed by atoms with E-state index in [0.29, 0.717) is 11.3 Å². The van der Waals surface area contributed by atoms with Crippen LogP contribution in [0.15, 0.2) is 24.3 Å². The number of benzene rings is 1. The molecule has 3 heteroatoms. The molecular weight excluding hydrogens is 192 g/mol. The number of aldehydes is 1. The Morgan fingerprint density at radius 3 is 2.73 bits per heavy atom. The Morgan fingerprint density at radius 2 is 2.13 bits per heavy atom. The molecular formula is C12H14O3. The van der Waals surface area contributed by atoms with E-state index in [1.54, 1.807) is 18.2 Å². The molecule has 1 aliphatic rings. The molecule has 3 nitrogen and oxygen atoms in total. The third kappa shape index (κ3) is 2.18. The third-order valence-electron chi connectivity index (χ3n) is 2.83. The van der Waals surface area contributed by atoms with Gasteiger partial charge in [0, 0.05) is 0 Å². The number of carbonyl (C=O) groups excluding carboxylic acids is 1. The van der Waals surface area contributed by atoms with Crippen LogP contribution >= 0.6 is 0 Å². The van der Waals surface area contributed by atoms with Gasteiger partial charge in [0.15, 0.2) is 6.29 Å². The third-order valence-corrected chi connectivity index (χ3v) is 2.83. The van der Waals surface area contributed by atoms with Crippen LogP contribution < -0.4 is 4.74 Å². The molecule has 80 valence electrons. The first kappa shape index (κ1) is 10.2. The molecule has 1 aromatic carbocycles. The molecule has 0 bridgehead atoms. The summed E-state index contributed by atoms with van der Waals surface area (Å²) < 4.78 is 5.45. The molecule has 0 saturated heterocycles. The van der Waals surface area contributed by atoms with Crippen LogP contribution in [-0.4, -0.2) is 23.6 Å². The Kier molecular flexibility index (Phi) is 2.73. The van der Waals surface area contributed by atoms with Crippen LogP contribution in [0, 0.1) is 0 Å². The highest BCUT2D eigenvalue weighted by Gasteiger charge is 2.35.